The molecule has 124 valence electrons. The number of aromatic nitrogens is 3. The van der Waals surface area contributed by atoms with E-state index >= 15 is 0 Å². The number of piperazine rings is 1. The van der Waals surface area contributed by atoms with Gasteiger partial charge in [0.25, 0.3) is 5.91 Å². The van der Waals surface area contributed by atoms with Crippen molar-refractivity contribution in [2.24, 2.45) is 0 Å². The second-order valence-electron chi connectivity index (χ2n) is 5.86. The van der Waals surface area contributed by atoms with E-state index in [4.69, 9.17) is 0 Å². The lowest BCUT2D eigenvalue weighted by atomic mass is 10.1. The van der Waals surface area contributed by atoms with Crippen molar-refractivity contribution in [3.8, 4) is 10.6 Å². The predicted molar refractivity (Wildman–Crippen MR) is 97.4 cm³/mol. The van der Waals surface area contributed by atoms with Gasteiger partial charge in [-0.1, -0.05) is 23.5 Å². The van der Waals surface area contributed by atoms with Crippen molar-refractivity contribution in [3.63, 3.8) is 0 Å². The molecule has 0 saturated carbocycles. The summed E-state index contributed by atoms with van der Waals surface area (Å²) in [7, 11) is 2.08. The van der Waals surface area contributed by atoms with Crippen LogP contribution in [0, 0.1) is 0 Å². The largest absolute Gasteiger partial charge is 0.336 e. The first kappa shape index (κ1) is 15.7. The molecule has 0 radical (unpaired) electrons. The van der Waals surface area contributed by atoms with Gasteiger partial charge in [-0.3, -0.25) is 4.79 Å². The number of hydrogen-bond acceptors (Lipinski definition) is 5. The third-order valence-electron chi connectivity index (χ3n) is 4.21. The molecule has 8 heteroatoms. The maximum Gasteiger partial charge on any atom is 0.253 e. The van der Waals surface area contributed by atoms with E-state index in [2.05, 4.69) is 38.0 Å². The van der Waals surface area contributed by atoms with E-state index in [9.17, 15) is 4.79 Å². The molecule has 2 aromatic heterocycles. The third kappa shape index (κ3) is 2.85. The zero-order valence-corrected chi connectivity index (χ0v) is 15.5. The summed E-state index contributed by atoms with van der Waals surface area (Å²) >= 11 is 4.95. The van der Waals surface area contributed by atoms with Crippen molar-refractivity contribution in [3.05, 3.63) is 40.6 Å². The Labute approximate surface area is 151 Å². The van der Waals surface area contributed by atoms with E-state index in [1.54, 1.807) is 10.7 Å². The maximum absolute atomic E-state index is 12.6. The summed E-state index contributed by atoms with van der Waals surface area (Å²) in [6.45, 7) is 3.43. The van der Waals surface area contributed by atoms with Crippen LogP contribution in [-0.2, 0) is 0 Å². The van der Waals surface area contributed by atoms with Crippen molar-refractivity contribution in [2.75, 3.05) is 33.2 Å². The minimum atomic E-state index is 0.103. The van der Waals surface area contributed by atoms with E-state index in [-0.39, 0.29) is 5.91 Å². The molecule has 3 aromatic rings. The van der Waals surface area contributed by atoms with Crippen molar-refractivity contribution in [2.45, 2.75) is 0 Å². The number of amides is 1. The molecule has 0 aliphatic carbocycles. The number of rotatable bonds is 2. The third-order valence-corrected chi connectivity index (χ3v) is 5.73. The van der Waals surface area contributed by atoms with Gasteiger partial charge >= 0.3 is 0 Å². The zero-order chi connectivity index (χ0) is 16.7. The van der Waals surface area contributed by atoms with Crippen LogP contribution in [-0.4, -0.2) is 63.5 Å². The number of likely N-dealkylation sites (N-methyl/N-ethyl adjacent to an activating group) is 1. The Kier molecular flexibility index (Phi) is 4.11. The molecule has 0 spiro atoms. The summed E-state index contributed by atoms with van der Waals surface area (Å²) in [5.41, 5.74) is 1.72. The number of imidazole rings is 1. The molecule has 1 aliphatic heterocycles. The van der Waals surface area contributed by atoms with Crippen LogP contribution in [0.5, 0.6) is 0 Å². The molecular weight excluding hydrogens is 390 g/mol. The molecule has 4 rings (SSSR count). The minimum absolute atomic E-state index is 0.103. The molecule has 0 unspecified atom stereocenters. The number of carbonyl (C=O) groups excluding carboxylic acids is 1. The normalized spacial score (nSPS) is 16.0. The predicted octanol–water partition coefficient (Wildman–Crippen LogP) is 2.61. The van der Waals surface area contributed by atoms with Gasteiger partial charge in [0.1, 0.15) is 9.61 Å². The fraction of sp³-hybridized carbons (Fsp3) is 0.312. The number of fused-ring (bicyclic) bond motifs is 1. The summed E-state index contributed by atoms with van der Waals surface area (Å²) in [4.78, 5) is 21.9. The molecule has 0 bridgehead atoms. The average molecular weight is 406 g/mol. The van der Waals surface area contributed by atoms with Crippen LogP contribution >= 0.6 is 27.3 Å². The van der Waals surface area contributed by atoms with Gasteiger partial charge in [0.15, 0.2) is 0 Å². The van der Waals surface area contributed by atoms with Gasteiger partial charge in [0.05, 0.1) is 6.20 Å². The van der Waals surface area contributed by atoms with Crippen LogP contribution in [0.25, 0.3) is 15.5 Å². The Hall–Kier alpha value is -1.77. The van der Waals surface area contributed by atoms with Crippen molar-refractivity contribution < 1.29 is 4.79 Å². The van der Waals surface area contributed by atoms with Crippen molar-refractivity contribution >= 4 is 38.1 Å². The molecule has 3 heterocycles. The Balaban J connectivity index is 1.54. The summed E-state index contributed by atoms with van der Waals surface area (Å²) in [5, 5.41) is 5.43. The van der Waals surface area contributed by atoms with Crippen LogP contribution in [0.4, 0.5) is 0 Å². The van der Waals surface area contributed by atoms with Gasteiger partial charge in [-0.2, -0.15) is 9.61 Å². The molecule has 0 N–H and O–H groups in total. The topological polar surface area (TPSA) is 53.7 Å². The summed E-state index contributed by atoms with van der Waals surface area (Å²) in [5.74, 6) is 0.103. The minimum Gasteiger partial charge on any atom is -0.336 e. The molecule has 1 aliphatic rings. The lowest BCUT2D eigenvalue weighted by Gasteiger charge is -2.32. The highest BCUT2D eigenvalue weighted by Gasteiger charge is 2.20. The van der Waals surface area contributed by atoms with Gasteiger partial charge in [0, 0.05) is 37.3 Å². The van der Waals surface area contributed by atoms with Gasteiger partial charge in [-0.05, 0) is 35.1 Å². The van der Waals surface area contributed by atoms with E-state index in [0.717, 1.165) is 51.9 Å². The van der Waals surface area contributed by atoms with E-state index in [1.807, 2.05) is 29.2 Å². The smallest absolute Gasteiger partial charge is 0.253 e. The van der Waals surface area contributed by atoms with Gasteiger partial charge in [0.2, 0.25) is 4.96 Å². The van der Waals surface area contributed by atoms with E-state index < -0.39 is 0 Å². The fourth-order valence-electron chi connectivity index (χ4n) is 2.73. The van der Waals surface area contributed by atoms with Crippen LogP contribution in [0.2, 0.25) is 0 Å². The molecule has 24 heavy (non-hydrogen) atoms. The first-order valence-electron chi connectivity index (χ1n) is 7.70. The van der Waals surface area contributed by atoms with Gasteiger partial charge in [-0.15, -0.1) is 0 Å². The van der Waals surface area contributed by atoms with Crippen LogP contribution in [0.3, 0.4) is 0 Å². The Morgan fingerprint density at radius 1 is 1.17 bits per heavy atom. The molecule has 6 nitrogen and oxygen atoms in total. The quantitative estimate of drug-likeness (QED) is 0.657. The SMILES string of the molecule is CN1CCN(C(=O)c2ccc(-c3nn4c(Br)cnc4s3)cc2)CC1. The lowest BCUT2D eigenvalue weighted by molar-refractivity contribution is 0.0664. The second kappa shape index (κ2) is 6.27. The molecule has 1 saturated heterocycles. The second-order valence-corrected chi connectivity index (χ2v) is 7.62. The Bertz CT molecular complexity index is 880. The first-order chi connectivity index (χ1) is 11.6. The standard InChI is InChI=1S/C16H16BrN5OS/c1-20-6-8-21(9-7-20)15(23)12-4-2-11(3-5-12)14-19-22-13(17)10-18-16(22)24-14/h2-5,10H,6-9H2,1H3. The van der Waals surface area contributed by atoms with Crippen LogP contribution in [0.1, 0.15) is 10.4 Å². The number of hydrogen-bond donors (Lipinski definition) is 0. The fourth-order valence-corrected chi connectivity index (χ4v) is 4.08. The number of halogens is 1. The lowest BCUT2D eigenvalue weighted by Crippen LogP contribution is -2.47. The van der Waals surface area contributed by atoms with Crippen LogP contribution in [0.15, 0.2) is 35.1 Å². The average Bonchev–Trinajstić information content (AvgIpc) is 3.18. The van der Waals surface area contributed by atoms with Crippen LogP contribution < -0.4 is 0 Å². The molecule has 0 atom stereocenters. The van der Waals surface area contributed by atoms with Crippen molar-refractivity contribution in [1.82, 2.24) is 24.4 Å². The van der Waals surface area contributed by atoms with E-state index in [0.29, 0.717) is 0 Å². The monoisotopic (exact) mass is 405 g/mol. The summed E-state index contributed by atoms with van der Waals surface area (Å²) < 4.78 is 2.60. The zero-order valence-electron chi connectivity index (χ0n) is 13.1. The summed E-state index contributed by atoms with van der Waals surface area (Å²) in [6, 6.07) is 7.68. The number of benzene rings is 1. The van der Waals surface area contributed by atoms with Gasteiger partial charge in [-0.25, -0.2) is 4.98 Å². The number of nitrogens with zero attached hydrogens (tertiary/aromatic N) is 5. The molecular formula is C16H16BrN5OS. The van der Waals surface area contributed by atoms with Crippen molar-refractivity contribution in [1.29, 1.82) is 0 Å². The van der Waals surface area contributed by atoms with Gasteiger partial charge < -0.3 is 9.80 Å². The highest BCUT2D eigenvalue weighted by atomic mass is 79.9. The Morgan fingerprint density at radius 3 is 2.54 bits per heavy atom. The highest BCUT2D eigenvalue weighted by Crippen LogP contribution is 2.27. The maximum atomic E-state index is 12.6. The first-order valence-corrected chi connectivity index (χ1v) is 9.31. The summed E-state index contributed by atoms with van der Waals surface area (Å²) in [6.07, 6.45) is 1.74. The highest BCUT2D eigenvalue weighted by molar-refractivity contribution is 9.10. The number of carbonyl (C=O) groups is 1. The molecule has 1 fully saturated rings. The Morgan fingerprint density at radius 2 is 1.88 bits per heavy atom. The molecule has 1 aromatic carbocycles. The molecule has 1 amide bonds. The van der Waals surface area contributed by atoms with E-state index in [1.165, 1.54) is 11.3 Å².